The summed E-state index contributed by atoms with van der Waals surface area (Å²) in [6, 6.07) is 13.4. The average molecular weight is 337 g/mol. The Morgan fingerprint density at radius 2 is 1.88 bits per heavy atom. The normalized spacial score (nSPS) is 13.8. The van der Waals surface area contributed by atoms with E-state index in [1.807, 2.05) is 43.3 Å². The molecule has 0 N–H and O–H groups in total. The van der Waals surface area contributed by atoms with Crippen molar-refractivity contribution in [2.75, 3.05) is 11.4 Å². The topological polar surface area (TPSA) is 42.2 Å². The summed E-state index contributed by atoms with van der Waals surface area (Å²) in [5.41, 5.74) is 4.00. The molecule has 4 nitrogen and oxygen atoms in total. The molecule has 0 fully saturated rings. The monoisotopic (exact) mass is 337 g/mol. The van der Waals surface area contributed by atoms with E-state index in [4.69, 9.17) is 4.42 Å². The fourth-order valence-electron chi connectivity index (χ4n) is 3.48. The van der Waals surface area contributed by atoms with E-state index < -0.39 is 0 Å². The number of hydrogen-bond donors (Lipinski definition) is 0. The van der Waals surface area contributed by atoms with E-state index in [1.165, 1.54) is 0 Å². The van der Waals surface area contributed by atoms with Gasteiger partial charge in [0, 0.05) is 17.8 Å². The average Bonchev–Trinajstić information content (AvgIpc) is 3.06. The lowest BCUT2D eigenvalue weighted by atomic mass is 9.97. The van der Waals surface area contributed by atoms with Gasteiger partial charge < -0.3 is 9.32 Å². The van der Waals surface area contributed by atoms with E-state index in [0.29, 0.717) is 24.7 Å². The van der Waals surface area contributed by atoms with Crippen LogP contribution in [0.1, 0.15) is 34.9 Å². The Morgan fingerprint density at radius 1 is 1.08 bits per heavy atom. The predicted molar refractivity (Wildman–Crippen MR) is 94.1 cm³/mol. The van der Waals surface area contributed by atoms with Gasteiger partial charge in [-0.15, -0.1) is 10.2 Å². The quantitative estimate of drug-likeness (QED) is 0.720. The second-order valence-corrected chi connectivity index (χ2v) is 6.47. The minimum absolute atomic E-state index is 0.124. The van der Waals surface area contributed by atoms with Gasteiger partial charge in [-0.1, -0.05) is 36.4 Å². The number of benzene rings is 2. The summed E-state index contributed by atoms with van der Waals surface area (Å²) in [5, 5.41) is 8.33. The molecule has 2 heterocycles. The molecular formula is C20H20FN3O. The Bertz CT molecular complexity index is 876. The van der Waals surface area contributed by atoms with Crippen molar-refractivity contribution in [1.82, 2.24) is 10.2 Å². The molecule has 1 aliphatic heterocycles. The largest absolute Gasteiger partial charge is 0.423 e. The van der Waals surface area contributed by atoms with Crippen LogP contribution in [0.15, 0.2) is 46.9 Å². The minimum atomic E-state index is -0.124. The van der Waals surface area contributed by atoms with Gasteiger partial charge in [0.25, 0.3) is 0 Å². The molecule has 3 aromatic rings. The van der Waals surface area contributed by atoms with E-state index in [2.05, 4.69) is 15.1 Å². The molecule has 0 atom stereocenters. The van der Waals surface area contributed by atoms with Crippen LogP contribution >= 0.6 is 0 Å². The fourth-order valence-corrected chi connectivity index (χ4v) is 3.48. The van der Waals surface area contributed by atoms with E-state index in [-0.39, 0.29) is 5.82 Å². The number of rotatable bonds is 4. The first-order valence-electron chi connectivity index (χ1n) is 8.59. The SMILES string of the molecule is Cc1ccc(F)c2c1N(Cc1nnc(Cc3ccccc3)o1)CCC2. The lowest BCUT2D eigenvalue weighted by Gasteiger charge is -2.31. The van der Waals surface area contributed by atoms with Crippen LogP contribution in [0.4, 0.5) is 10.1 Å². The molecule has 5 heteroatoms. The molecule has 1 aromatic heterocycles. The second kappa shape index (κ2) is 6.67. The maximum Gasteiger partial charge on any atom is 0.235 e. The first-order valence-corrected chi connectivity index (χ1v) is 8.59. The minimum Gasteiger partial charge on any atom is -0.423 e. The van der Waals surface area contributed by atoms with Crippen LogP contribution in [0.3, 0.4) is 0 Å². The summed E-state index contributed by atoms with van der Waals surface area (Å²) in [6.45, 7) is 3.40. The van der Waals surface area contributed by atoms with Gasteiger partial charge in [-0.2, -0.15) is 0 Å². The summed E-state index contributed by atoms with van der Waals surface area (Å²) in [5.74, 6) is 1.05. The van der Waals surface area contributed by atoms with E-state index in [1.54, 1.807) is 6.07 Å². The standard InChI is InChI=1S/C20H20FN3O/c1-14-9-10-17(21)16-8-5-11-24(20(14)16)13-19-23-22-18(25-19)12-15-6-3-2-4-7-15/h2-4,6-7,9-10H,5,8,11-13H2,1H3. The molecular weight excluding hydrogens is 317 g/mol. The summed E-state index contributed by atoms with van der Waals surface area (Å²) < 4.78 is 19.9. The van der Waals surface area contributed by atoms with Gasteiger partial charge in [0.05, 0.1) is 13.0 Å². The molecule has 128 valence electrons. The van der Waals surface area contributed by atoms with Crippen LogP contribution in [0.25, 0.3) is 0 Å². The van der Waals surface area contributed by atoms with Gasteiger partial charge in [0.15, 0.2) is 0 Å². The zero-order valence-electron chi connectivity index (χ0n) is 14.2. The smallest absolute Gasteiger partial charge is 0.235 e. The molecule has 25 heavy (non-hydrogen) atoms. The number of aromatic nitrogens is 2. The Balaban J connectivity index is 1.54. The van der Waals surface area contributed by atoms with Crippen molar-refractivity contribution >= 4 is 5.69 Å². The van der Waals surface area contributed by atoms with Crippen LogP contribution in [-0.4, -0.2) is 16.7 Å². The molecule has 0 radical (unpaired) electrons. The Kier molecular flexibility index (Phi) is 4.22. The van der Waals surface area contributed by atoms with Crippen molar-refractivity contribution in [2.45, 2.75) is 32.7 Å². The van der Waals surface area contributed by atoms with Gasteiger partial charge in [0.2, 0.25) is 11.8 Å². The third-order valence-electron chi connectivity index (χ3n) is 4.63. The molecule has 2 aromatic carbocycles. The first kappa shape index (κ1) is 15.8. The number of halogens is 1. The molecule has 0 aliphatic carbocycles. The van der Waals surface area contributed by atoms with Crippen LogP contribution in [0.5, 0.6) is 0 Å². The lowest BCUT2D eigenvalue weighted by molar-refractivity contribution is 0.449. The number of aryl methyl sites for hydroxylation is 1. The zero-order chi connectivity index (χ0) is 17.2. The third-order valence-corrected chi connectivity index (χ3v) is 4.63. The first-order chi connectivity index (χ1) is 12.2. The zero-order valence-corrected chi connectivity index (χ0v) is 14.2. The summed E-state index contributed by atoms with van der Waals surface area (Å²) in [6.07, 6.45) is 2.33. The van der Waals surface area contributed by atoms with Crippen molar-refractivity contribution in [1.29, 1.82) is 0 Å². The molecule has 0 amide bonds. The Morgan fingerprint density at radius 3 is 2.72 bits per heavy atom. The maximum atomic E-state index is 14.1. The molecule has 0 saturated heterocycles. The van der Waals surface area contributed by atoms with E-state index in [9.17, 15) is 4.39 Å². The van der Waals surface area contributed by atoms with Gasteiger partial charge in [-0.3, -0.25) is 0 Å². The number of fused-ring (bicyclic) bond motifs is 1. The lowest BCUT2D eigenvalue weighted by Crippen LogP contribution is -2.30. The van der Waals surface area contributed by atoms with Gasteiger partial charge in [-0.25, -0.2) is 4.39 Å². The highest BCUT2D eigenvalue weighted by molar-refractivity contribution is 5.61. The van der Waals surface area contributed by atoms with Crippen LogP contribution in [0.2, 0.25) is 0 Å². The highest BCUT2D eigenvalue weighted by Gasteiger charge is 2.23. The van der Waals surface area contributed by atoms with Crippen molar-refractivity contribution in [3.63, 3.8) is 0 Å². The molecule has 0 unspecified atom stereocenters. The summed E-state index contributed by atoms with van der Waals surface area (Å²) >= 11 is 0. The number of nitrogens with zero attached hydrogens (tertiary/aromatic N) is 3. The van der Waals surface area contributed by atoms with E-state index >= 15 is 0 Å². The highest BCUT2D eigenvalue weighted by atomic mass is 19.1. The van der Waals surface area contributed by atoms with Gasteiger partial charge in [-0.05, 0) is 37.0 Å². The molecule has 0 spiro atoms. The van der Waals surface area contributed by atoms with Gasteiger partial charge >= 0.3 is 0 Å². The Hall–Kier alpha value is -2.69. The fraction of sp³-hybridized carbons (Fsp3) is 0.300. The van der Waals surface area contributed by atoms with Crippen molar-refractivity contribution in [3.05, 3.63) is 76.8 Å². The molecule has 4 rings (SSSR count). The van der Waals surface area contributed by atoms with Crippen LogP contribution in [-0.2, 0) is 19.4 Å². The highest BCUT2D eigenvalue weighted by Crippen LogP contribution is 2.33. The summed E-state index contributed by atoms with van der Waals surface area (Å²) in [4.78, 5) is 2.15. The number of hydrogen-bond acceptors (Lipinski definition) is 4. The van der Waals surface area contributed by atoms with Crippen LogP contribution < -0.4 is 4.90 Å². The maximum absolute atomic E-state index is 14.1. The molecule has 0 saturated carbocycles. The van der Waals surface area contributed by atoms with Crippen molar-refractivity contribution in [2.24, 2.45) is 0 Å². The van der Waals surface area contributed by atoms with Gasteiger partial charge in [0.1, 0.15) is 5.82 Å². The molecule has 0 bridgehead atoms. The van der Waals surface area contributed by atoms with Crippen molar-refractivity contribution in [3.8, 4) is 0 Å². The Labute approximate surface area is 146 Å². The molecule has 1 aliphatic rings. The van der Waals surface area contributed by atoms with Crippen LogP contribution in [0, 0.1) is 12.7 Å². The van der Waals surface area contributed by atoms with Crippen molar-refractivity contribution < 1.29 is 8.81 Å². The third kappa shape index (κ3) is 3.27. The number of anilines is 1. The van der Waals surface area contributed by atoms with E-state index in [0.717, 1.165) is 41.8 Å². The second-order valence-electron chi connectivity index (χ2n) is 6.47. The summed E-state index contributed by atoms with van der Waals surface area (Å²) in [7, 11) is 0. The predicted octanol–water partition coefficient (Wildman–Crippen LogP) is 4.06.